The third-order valence-electron chi connectivity index (χ3n) is 5.27. The number of carbonyl (C=O) groups excluding carboxylic acids is 2. The molecule has 4 rings (SSSR count). The van der Waals surface area contributed by atoms with E-state index >= 15 is 0 Å². The molecule has 0 spiro atoms. The van der Waals surface area contributed by atoms with Gasteiger partial charge in [0.2, 0.25) is 5.91 Å². The van der Waals surface area contributed by atoms with Crippen molar-refractivity contribution in [3.05, 3.63) is 125 Å². The highest BCUT2D eigenvalue weighted by Gasteiger charge is 2.22. The fraction of sp³-hybridized carbons (Fsp3) is 0.103. The Labute approximate surface area is 204 Å². The number of aryl methyl sites for hydroxylation is 2. The lowest BCUT2D eigenvalue weighted by Crippen LogP contribution is -2.19. The Morgan fingerprint density at radius 1 is 0.676 bits per heavy atom. The zero-order valence-electron chi connectivity index (χ0n) is 19.1. The molecular weight excluding hydrogens is 440 g/mol. The third-order valence-corrected chi connectivity index (χ3v) is 6.54. The lowest BCUT2D eigenvalue weighted by atomic mass is 10.1. The Bertz CT molecular complexity index is 1290. The van der Waals surface area contributed by atoms with Crippen molar-refractivity contribution < 1.29 is 9.59 Å². The van der Waals surface area contributed by atoms with Crippen LogP contribution in [0.25, 0.3) is 0 Å². The minimum atomic E-state index is -0.422. The predicted molar refractivity (Wildman–Crippen MR) is 140 cm³/mol. The number of nitrogens with one attached hydrogen (secondary N) is 2. The average Bonchev–Trinajstić information content (AvgIpc) is 2.84. The number of carbonyl (C=O) groups is 2. The number of thioether (sulfide) groups is 1. The maximum atomic E-state index is 13.2. The summed E-state index contributed by atoms with van der Waals surface area (Å²) in [5, 5.41) is 5.55. The van der Waals surface area contributed by atoms with Crippen LogP contribution in [0.2, 0.25) is 0 Å². The summed E-state index contributed by atoms with van der Waals surface area (Å²) in [6, 6.07) is 32.6. The molecule has 2 amide bonds. The fourth-order valence-corrected chi connectivity index (χ4v) is 4.60. The van der Waals surface area contributed by atoms with Gasteiger partial charge in [-0.2, -0.15) is 0 Å². The third kappa shape index (κ3) is 6.15. The van der Waals surface area contributed by atoms with Crippen molar-refractivity contribution in [2.75, 3.05) is 10.6 Å². The van der Waals surface area contributed by atoms with Gasteiger partial charge in [0.05, 0.1) is 0 Å². The first-order valence-corrected chi connectivity index (χ1v) is 11.9. The van der Waals surface area contributed by atoms with E-state index in [-0.39, 0.29) is 11.8 Å². The second kappa shape index (κ2) is 10.9. The standard InChI is InChI=1S/C29H26N2O2S/c1-20-8-6-12-23(18-20)28(32)30-24-14-16-26(17-15-24)34-27(22-10-4-3-5-11-22)29(33)31-25-13-7-9-21(2)19-25/h3-19,27H,1-2H3,(H,30,32)(H,31,33). The van der Waals surface area contributed by atoms with E-state index in [0.717, 1.165) is 27.3 Å². The summed E-state index contributed by atoms with van der Waals surface area (Å²) in [7, 11) is 0. The Morgan fingerprint density at radius 3 is 2.03 bits per heavy atom. The second-order valence-corrected chi connectivity index (χ2v) is 9.29. The quantitative estimate of drug-likeness (QED) is 0.288. The molecule has 0 bridgehead atoms. The molecule has 0 saturated heterocycles. The first kappa shape index (κ1) is 23.3. The van der Waals surface area contributed by atoms with E-state index in [4.69, 9.17) is 0 Å². The molecule has 0 aliphatic rings. The van der Waals surface area contributed by atoms with Crippen LogP contribution in [-0.2, 0) is 4.79 Å². The van der Waals surface area contributed by atoms with Gasteiger partial charge in [-0.25, -0.2) is 0 Å². The molecule has 1 atom stereocenters. The van der Waals surface area contributed by atoms with Gasteiger partial charge in [0.15, 0.2) is 0 Å². The van der Waals surface area contributed by atoms with Gasteiger partial charge in [0, 0.05) is 21.8 Å². The molecule has 170 valence electrons. The Morgan fingerprint density at radius 2 is 1.35 bits per heavy atom. The fourth-order valence-electron chi connectivity index (χ4n) is 3.57. The zero-order valence-corrected chi connectivity index (χ0v) is 19.9. The average molecular weight is 467 g/mol. The van der Waals surface area contributed by atoms with E-state index in [2.05, 4.69) is 10.6 Å². The molecular formula is C29H26N2O2S. The maximum absolute atomic E-state index is 13.2. The van der Waals surface area contributed by atoms with Crippen LogP contribution in [-0.4, -0.2) is 11.8 Å². The highest BCUT2D eigenvalue weighted by atomic mass is 32.2. The van der Waals surface area contributed by atoms with Crippen LogP contribution in [0.3, 0.4) is 0 Å². The van der Waals surface area contributed by atoms with E-state index in [1.54, 1.807) is 6.07 Å². The van der Waals surface area contributed by atoms with Crippen LogP contribution in [0.5, 0.6) is 0 Å². The topological polar surface area (TPSA) is 58.2 Å². The van der Waals surface area contributed by atoms with Gasteiger partial charge >= 0.3 is 0 Å². The van der Waals surface area contributed by atoms with Crippen molar-refractivity contribution in [1.82, 2.24) is 0 Å². The van der Waals surface area contributed by atoms with Crippen molar-refractivity contribution in [2.45, 2.75) is 24.0 Å². The van der Waals surface area contributed by atoms with Gasteiger partial charge < -0.3 is 10.6 Å². The minimum Gasteiger partial charge on any atom is -0.325 e. The smallest absolute Gasteiger partial charge is 0.255 e. The molecule has 4 aromatic rings. The normalized spacial score (nSPS) is 11.5. The van der Waals surface area contributed by atoms with E-state index < -0.39 is 5.25 Å². The minimum absolute atomic E-state index is 0.0846. The zero-order chi connectivity index (χ0) is 23.9. The summed E-state index contributed by atoms with van der Waals surface area (Å²) < 4.78 is 0. The number of benzene rings is 4. The van der Waals surface area contributed by atoms with E-state index in [1.807, 2.05) is 111 Å². The first-order chi connectivity index (χ1) is 16.5. The van der Waals surface area contributed by atoms with Crippen molar-refractivity contribution >= 4 is 35.0 Å². The van der Waals surface area contributed by atoms with Crippen LogP contribution in [0, 0.1) is 13.8 Å². The van der Waals surface area contributed by atoms with E-state index in [1.165, 1.54) is 11.8 Å². The van der Waals surface area contributed by atoms with Gasteiger partial charge in [-0.1, -0.05) is 60.2 Å². The molecule has 0 fully saturated rings. The van der Waals surface area contributed by atoms with Crippen molar-refractivity contribution in [2.24, 2.45) is 0 Å². The van der Waals surface area contributed by atoms with Crippen molar-refractivity contribution in [3.63, 3.8) is 0 Å². The van der Waals surface area contributed by atoms with Crippen LogP contribution in [0.1, 0.15) is 32.3 Å². The highest BCUT2D eigenvalue weighted by Crippen LogP contribution is 2.36. The summed E-state index contributed by atoms with van der Waals surface area (Å²) in [4.78, 5) is 26.7. The summed E-state index contributed by atoms with van der Waals surface area (Å²) in [6.45, 7) is 3.96. The molecule has 34 heavy (non-hydrogen) atoms. The van der Waals surface area contributed by atoms with Gasteiger partial charge in [-0.15, -0.1) is 11.8 Å². The number of anilines is 2. The van der Waals surface area contributed by atoms with Crippen LogP contribution < -0.4 is 10.6 Å². The van der Waals surface area contributed by atoms with Gasteiger partial charge in [0.1, 0.15) is 5.25 Å². The van der Waals surface area contributed by atoms with Crippen molar-refractivity contribution in [3.8, 4) is 0 Å². The Hall–Kier alpha value is -3.83. The lowest BCUT2D eigenvalue weighted by Gasteiger charge is -2.17. The van der Waals surface area contributed by atoms with Crippen LogP contribution in [0.15, 0.2) is 108 Å². The molecule has 0 radical (unpaired) electrons. The molecule has 2 N–H and O–H groups in total. The number of hydrogen-bond acceptors (Lipinski definition) is 3. The Balaban J connectivity index is 1.49. The van der Waals surface area contributed by atoms with Crippen molar-refractivity contribution in [1.29, 1.82) is 0 Å². The SMILES string of the molecule is Cc1cccc(NC(=O)C(Sc2ccc(NC(=O)c3cccc(C)c3)cc2)c2ccccc2)c1. The lowest BCUT2D eigenvalue weighted by molar-refractivity contribution is -0.115. The molecule has 4 aromatic carbocycles. The molecule has 4 nitrogen and oxygen atoms in total. The summed E-state index contributed by atoms with van der Waals surface area (Å²) in [5.74, 6) is -0.234. The monoisotopic (exact) mass is 466 g/mol. The first-order valence-electron chi connectivity index (χ1n) is 11.1. The van der Waals surface area contributed by atoms with Gasteiger partial charge in [0.25, 0.3) is 5.91 Å². The highest BCUT2D eigenvalue weighted by molar-refractivity contribution is 8.00. The van der Waals surface area contributed by atoms with Crippen LogP contribution >= 0.6 is 11.8 Å². The van der Waals surface area contributed by atoms with Gasteiger partial charge in [-0.05, 0) is 73.5 Å². The summed E-state index contributed by atoms with van der Waals surface area (Å²) in [5.41, 5.74) is 5.15. The molecule has 1 unspecified atom stereocenters. The molecule has 0 saturated carbocycles. The largest absolute Gasteiger partial charge is 0.325 e. The Kier molecular flexibility index (Phi) is 7.45. The maximum Gasteiger partial charge on any atom is 0.255 e. The molecule has 5 heteroatoms. The van der Waals surface area contributed by atoms with E-state index in [9.17, 15) is 9.59 Å². The number of rotatable bonds is 7. The molecule has 0 aromatic heterocycles. The summed E-state index contributed by atoms with van der Waals surface area (Å²) in [6.07, 6.45) is 0. The van der Waals surface area contributed by atoms with E-state index in [0.29, 0.717) is 11.3 Å². The molecule has 0 aliphatic carbocycles. The summed E-state index contributed by atoms with van der Waals surface area (Å²) >= 11 is 1.47. The molecule has 0 heterocycles. The number of hydrogen-bond donors (Lipinski definition) is 2. The number of amides is 2. The second-order valence-electron chi connectivity index (χ2n) is 8.12. The predicted octanol–water partition coefficient (Wildman–Crippen LogP) is 7.03. The van der Waals surface area contributed by atoms with Crippen LogP contribution in [0.4, 0.5) is 11.4 Å². The van der Waals surface area contributed by atoms with Gasteiger partial charge in [-0.3, -0.25) is 9.59 Å². The molecule has 0 aliphatic heterocycles.